The van der Waals surface area contributed by atoms with Crippen molar-refractivity contribution in [2.45, 2.75) is 63.5 Å². The Labute approximate surface area is 113 Å². The molecule has 3 rings (SSSR count). The molecule has 0 radical (unpaired) electrons. The summed E-state index contributed by atoms with van der Waals surface area (Å²) >= 11 is 1.86. The zero-order valence-electron chi connectivity index (χ0n) is 11.1. The molecule has 1 aliphatic heterocycles. The van der Waals surface area contributed by atoms with Crippen molar-refractivity contribution >= 4 is 11.3 Å². The second kappa shape index (κ2) is 4.91. The van der Waals surface area contributed by atoms with Crippen molar-refractivity contribution < 1.29 is 4.74 Å². The molecule has 0 aromatic carbocycles. The van der Waals surface area contributed by atoms with E-state index in [1.165, 1.54) is 23.4 Å². The lowest BCUT2D eigenvalue weighted by molar-refractivity contribution is -0.0242. The van der Waals surface area contributed by atoms with E-state index in [0.717, 1.165) is 43.7 Å². The Morgan fingerprint density at radius 3 is 3.17 bits per heavy atom. The second-order valence-corrected chi connectivity index (χ2v) is 6.72. The third-order valence-corrected chi connectivity index (χ3v) is 5.50. The van der Waals surface area contributed by atoms with E-state index < -0.39 is 0 Å². The van der Waals surface area contributed by atoms with Crippen LogP contribution in [0.4, 0.5) is 0 Å². The van der Waals surface area contributed by atoms with Crippen LogP contribution in [0.2, 0.25) is 0 Å². The molecule has 1 fully saturated rings. The molecule has 1 saturated heterocycles. The molecule has 1 aromatic rings. The molecule has 2 heterocycles. The average molecular weight is 266 g/mol. The van der Waals surface area contributed by atoms with Gasteiger partial charge in [0.2, 0.25) is 0 Å². The van der Waals surface area contributed by atoms with Crippen LogP contribution in [-0.4, -0.2) is 17.7 Å². The summed E-state index contributed by atoms with van der Waals surface area (Å²) in [5.74, 6) is 0. The molecule has 2 N–H and O–H groups in total. The van der Waals surface area contributed by atoms with Gasteiger partial charge in [-0.3, -0.25) is 0 Å². The first kappa shape index (κ1) is 12.6. The highest BCUT2D eigenvalue weighted by molar-refractivity contribution is 7.12. The van der Waals surface area contributed by atoms with Crippen molar-refractivity contribution in [2.75, 3.05) is 6.61 Å². The lowest BCUT2D eigenvalue weighted by atomic mass is 9.87. The summed E-state index contributed by atoms with van der Waals surface area (Å²) in [6, 6.07) is 0. The first-order valence-electron chi connectivity index (χ1n) is 7.11. The van der Waals surface area contributed by atoms with Gasteiger partial charge in [-0.25, -0.2) is 4.98 Å². The summed E-state index contributed by atoms with van der Waals surface area (Å²) in [6.07, 6.45) is 8.08. The van der Waals surface area contributed by atoms with Crippen molar-refractivity contribution in [3.63, 3.8) is 0 Å². The van der Waals surface area contributed by atoms with E-state index in [1.807, 2.05) is 11.3 Å². The first-order valence-corrected chi connectivity index (χ1v) is 7.92. The van der Waals surface area contributed by atoms with Crippen molar-refractivity contribution in [2.24, 2.45) is 5.73 Å². The number of hydrogen-bond donors (Lipinski definition) is 1. The summed E-state index contributed by atoms with van der Waals surface area (Å²) in [5, 5.41) is 1.16. The Hall–Kier alpha value is -0.450. The van der Waals surface area contributed by atoms with Gasteiger partial charge >= 0.3 is 0 Å². The first-order chi connectivity index (χ1) is 8.71. The molecule has 2 aliphatic rings. The van der Waals surface area contributed by atoms with Crippen LogP contribution in [-0.2, 0) is 23.1 Å². The normalized spacial score (nSPS) is 31.6. The third kappa shape index (κ3) is 2.22. The molecule has 0 bridgehead atoms. The number of thiazole rings is 1. The number of nitrogens with zero attached hydrogens (tertiary/aromatic N) is 1. The number of fused-ring (bicyclic) bond motifs is 1. The van der Waals surface area contributed by atoms with Gasteiger partial charge < -0.3 is 10.5 Å². The van der Waals surface area contributed by atoms with Crippen LogP contribution in [0, 0.1) is 0 Å². The monoisotopic (exact) mass is 266 g/mol. The van der Waals surface area contributed by atoms with E-state index in [1.54, 1.807) is 0 Å². The molecule has 1 aromatic heterocycles. The molecule has 18 heavy (non-hydrogen) atoms. The van der Waals surface area contributed by atoms with Gasteiger partial charge in [0.1, 0.15) is 5.01 Å². The minimum absolute atomic E-state index is 0.229. The van der Waals surface area contributed by atoms with Gasteiger partial charge in [0, 0.05) is 11.5 Å². The second-order valence-electron chi connectivity index (χ2n) is 5.63. The number of rotatable bonds is 3. The molecule has 0 saturated carbocycles. The highest BCUT2D eigenvalue weighted by Crippen LogP contribution is 2.39. The summed E-state index contributed by atoms with van der Waals surface area (Å²) in [4.78, 5) is 6.30. The topological polar surface area (TPSA) is 48.1 Å². The summed E-state index contributed by atoms with van der Waals surface area (Å²) in [5.41, 5.74) is 7.72. The fourth-order valence-corrected chi connectivity index (χ4v) is 4.37. The largest absolute Gasteiger partial charge is 0.378 e. The Morgan fingerprint density at radius 2 is 2.39 bits per heavy atom. The molecule has 3 nitrogen and oxygen atoms in total. The summed E-state index contributed by atoms with van der Waals surface area (Å²) in [7, 11) is 0. The minimum atomic E-state index is -0.229. The van der Waals surface area contributed by atoms with E-state index in [-0.39, 0.29) is 5.54 Å². The van der Waals surface area contributed by atoms with Crippen molar-refractivity contribution in [1.29, 1.82) is 0 Å². The highest BCUT2D eigenvalue weighted by Gasteiger charge is 2.38. The maximum absolute atomic E-state index is 6.63. The van der Waals surface area contributed by atoms with Crippen LogP contribution < -0.4 is 5.73 Å². The van der Waals surface area contributed by atoms with Crippen molar-refractivity contribution in [3.8, 4) is 0 Å². The van der Waals surface area contributed by atoms with Gasteiger partial charge in [-0.15, -0.1) is 11.3 Å². The smallest absolute Gasteiger partial charge is 0.113 e. The molecule has 0 amide bonds. The minimum Gasteiger partial charge on any atom is -0.378 e. The van der Waals surface area contributed by atoms with Crippen LogP contribution >= 0.6 is 11.3 Å². The van der Waals surface area contributed by atoms with Crippen LogP contribution in [0.15, 0.2) is 0 Å². The molecular formula is C14H22N2OS. The van der Waals surface area contributed by atoms with Gasteiger partial charge in [-0.05, 0) is 38.5 Å². The van der Waals surface area contributed by atoms with Crippen LogP contribution in [0.25, 0.3) is 0 Å². The predicted octanol–water partition coefficient (Wildman–Crippen LogP) is 2.76. The van der Waals surface area contributed by atoms with Crippen molar-refractivity contribution in [3.05, 3.63) is 15.6 Å². The van der Waals surface area contributed by atoms with E-state index in [4.69, 9.17) is 15.5 Å². The van der Waals surface area contributed by atoms with Gasteiger partial charge in [-0.1, -0.05) is 13.3 Å². The third-order valence-electron chi connectivity index (χ3n) is 4.13. The van der Waals surface area contributed by atoms with Crippen LogP contribution in [0.3, 0.4) is 0 Å². The van der Waals surface area contributed by atoms with E-state index >= 15 is 0 Å². The number of aryl methyl sites for hydroxylation is 2. The van der Waals surface area contributed by atoms with E-state index in [0.29, 0.717) is 6.10 Å². The van der Waals surface area contributed by atoms with E-state index in [2.05, 4.69) is 6.92 Å². The number of aromatic nitrogens is 1. The Kier molecular flexibility index (Phi) is 3.43. The molecule has 0 spiro atoms. The summed E-state index contributed by atoms with van der Waals surface area (Å²) < 4.78 is 5.81. The zero-order chi connectivity index (χ0) is 12.6. The molecule has 100 valence electrons. The molecule has 2 atom stereocenters. The Bertz CT molecular complexity index is 408. The molecule has 4 heteroatoms. The zero-order valence-corrected chi connectivity index (χ0v) is 11.9. The molecule has 1 aliphatic carbocycles. The van der Waals surface area contributed by atoms with Crippen LogP contribution in [0.1, 0.15) is 54.6 Å². The fourth-order valence-electron chi connectivity index (χ4n) is 3.08. The Morgan fingerprint density at radius 1 is 1.50 bits per heavy atom. The van der Waals surface area contributed by atoms with Gasteiger partial charge in [0.25, 0.3) is 0 Å². The van der Waals surface area contributed by atoms with Gasteiger partial charge in [0.05, 0.1) is 17.3 Å². The Balaban J connectivity index is 1.80. The number of hydrogen-bond acceptors (Lipinski definition) is 4. The maximum Gasteiger partial charge on any atom is 0.113 e. The average Bonchev–Trinajstić information content (AvgIpc) is 2.89. The predicted molar refractivity (Wildman–Crippen MR) is 73.9 cm³/mol. The SMILES string of the molecule is CCCC1CC(N)(c2nc3c(s2)CCC3)CCO1. The maximum atomic E-state index is 6.63. The highest BCUT2D eigenvalue weighted by atomic mass is 32.1. The summed E-state index contributed by atoms with van der Waals surface area (Å²) in [6.45, 7) is 2.99. The van der Waals surface area contributed by atoms with Gasteiger partial charge in [0.15, 0.2) is 0 Å². The number of ether oxygens (including phenoxy) is 1. The molecule has 2 unspecified atom stereocenters. The van der Waals surface area contributed by atoms with Crippen LogP contribution in [0.5, 0.6) is 0 Å². The van der Waals surface area contributed by atoms with Crippen molar-refractivity contribution in [1.82, 2.24) is 4.98 Å². The fraction of sp³-hybridized carbons (Fsp3) is 0.786. The molecular weight excluding hydrogens is 244 g/mol. The van der Waals surface area contributed by atoms with E-state index in [9.17, 15) is 0 Å². The standard InChI is InChI=1S/C14H22N2OS/c1-2-4-10-9-14(15,7-8-17-10)13-16-11-5-3-6-12(11)18-13/h10H,2-9,15H2,1H3. The lowest BCUT2D eigenvalue weighted by Crippen LogP contribution is -2.45. The quantitative estimate of drug-likeness (QED) is 0.915. The lowest BCUT2D eigenvalue weighted by Gasteiger charge is -2.36. The van der Waals surface area contributed by atoms with Gasteiger partial charge in [-0.2, -0.15) is 0 Å². The number of nitrogens with two attached hydrogens (primary N) is 1.